The van der Waals surface area contributed by atoms with Crippen LogP contribution in [0.25, 0.3) is 0 Å². The van der Waals surface area contributed by atoms with Gasteiger partial charge >= 0.3 is 0 Å². The maximum atomic E-state index is 13.8. The highest BCUT2D eigenvalue weighted by molar-refractivity contribution is 6.30. The maximum absolute atomic E-state index is 13.8. The van der Waals surface area contributed by atoms with Crippen molar-refractivity contribution in [2.75, 3.05) is 0 Å². The Morgan fingerprint density at radius 1 is 1.42 bits per heavy atom. The van der Waals surface area contributed by atoms with Crippen molar-refractivity contribution in [2.24, 2.45) is 12.8 Å². The molecule has 6 heteroatoms. The molecular weight excluding hydrogens is 288 g/mol. The van der Waals surface area contributed by atoms with Crippen LogP contribution in [0.15, 0.2) is 18.2 Å². The van der Waals surface area contributed by atoms with Crippen LogP contribution >= 0.6 is 23.2 Å². The molecule has 19 heavy (non-hydrogen) atoms. The Kier molecular flexibility index (Phi) is 4.13. The second kappa shape index (κ2) is 5.49. The van der Waals surface area contributed by atoms with Gasteiger partial charge in [0.1, 0.15) is 11.0 Å². The predicted molar refractivity (Wildman–Crippen MR) is 75.0 cm³/mol. The lowest BCUT2D eigenvalue weighted by Gasteiger charge is -2.13. The molecule has 0 amide bonds. The van der Waals surface area contributed by atoms with Gasteiger partial charge in [0.15, 0.2) is 0 Å². The average Bonchev–Trinajstić information content (AvgIpc) is 2.56. The highest BCUT2D eigenvalue weighted by Crippen LogP contribution is 2.26. The van der Waals surface area contributed by atoms with E-state index in [4.69, 9.17) is 28.9 Å². The van der Waals surface area contributed by atoms with E-state index < -0.39 is 11.9 Å². The smallest absolute Gasteiger partial charge is 0.130 e. The van der Waals surface area contributed by atoms with Crippen LogP contribution in [0.4, 0.5) is 4.39 Å². The van der Waals surface area contributed by atoms with Crippen molar-refractivity contribution in [1.29, 1.82) is 0 Å². The summed E-state index contributed by atoms with van der Waals surface area (Å²) in [6.07, 6.45) is 0.428. The molecule has 3 nitrogen and oxygen atoms in total. The van der Waals surface area contributed by atoms with Gasteiger partial charge in [0.25, 0.3) is 0 Å². The van der Waals surface area contributed by atoms with Gasteiger partial charge in [0, 0.05) is 29.2 Å². The molecule has 0 radical (unpaired) electrons. The molecule has 1 heterocycles. The first-order chi connectivity index (χ1) is 8.90. The molecule has 1 aromatic heterocycles. The number of rotatable bonds is 3. The average molecular weight is 302 g/mol. The molecule has 0 aliphatic rings. The van der Waals surface area contributed by atoms with Gasteiger partial charge in [-0.05, 0) is 25.5 Å². The van der Waals surface area contributed by atoms with Gasteiger partial charge in [-0.25, -0.2) is 4.39 Å². The zero-order valence-electron chi connectivity index (χ0n) is 10.6. The third-order valence-corrected chi connectivity index (χ3v) is 3.76. The molecule has 0 aliphatic heterocycles. The Labute approximate surface area is 121 Å². The summed E-state index contributed by atoms with van der Waals surface area (Å²) in [6.45, 7) is 1.85. The van der Waals surface area contributed by atoms with Crippen molar-refractivity contribution in [2.45, 2.75) is 19.4 Å². The summed E-state index contributed by atoms with van der Waals surface area (Å²) in [7, 11) is 1.76. The summed E-state index contributed by atoms with van der Waals surface area (Å²) in [6, 6.07) is 3.99. The van der Waals surface area contributed by atoms with E-state index in [1.165, 1.54) is 6.07 Å². The fourth-order valence-electron chi connectivity index (χ4n) is 2.04. The van der Waals surface area contributed by atoms with Crippen LogP contribution in [-0.4, -0.2) is 9.78 Å². The zero-order chi connectivity index (χ0) is 14.2. The van der Waals surface area contributed by atoms with E-state index >= 15 is 0 Å². The first-order valence-electron chi connectivity index (χ1n) is 5.78. The van der Waals surface area contributed by atoms with E-state index in [1.54, 1.807) is 23.9 Å². The van der Waals surface area contributed by atoms with Crippen molar-refractivity contribution in [3.63, 3.8) is 0 Å². The third-order valence-electron chi connectivity index (χ3n) is 3.06. The Morgan fingerprint density at radius 2 is 2.11 bits per heavy atom. The van der Waals surface area contributed by atoms with Gasteiger partial charge < -0.3 is 5.73 Å². The lowest BCUT2D eigenvalue weighted by Crippen LogP contribution is -2.15. The number of benzene rings is 1. The molecule has 0 bridgehead atoms. The molecule has 0 aliphatic carbocycles. The van der Waals surface area contributed by atoms with Crippen LogP contribution in [0.1, 0.15) is 22.9 Å². The molecule has 102 valence electrons. The highest BCUT2D eigenvalue weighted by Gasteiger charge is 2.18. The second-order valence-corrected chi connectivity index (χ2v) is 5.25. The molecule has 2 N–H and O–H groups in total. The molecule has 0 fully saturated rings. The Hall–Kier alpha value is -1.10. The highest BCUT2D eigenvalue weighted by atomic mass is 35.5. The molecule has 2 rings (SSSR count). The van der Waals surface area contributed by atoms with E-state index in [1.807, 2.05) is 6.92 Å². The summed E-state index contributed by atoms with van der Waals surface area (Å²) >= 11 is 11.9. The zero-order valence-corrected chi connectivity index (χ0v) is 12.1. The molecule has 0 saturated carbocycles. The van der Waals surface area contributed by atoms with Crippen molar-refractivity contribution < 1.29 is 4.39 Å². The molecule has 1 aromatic carbocycles. The number of halogens is 3. The van der Waals surface area contributed by atoms with Crippen LogP contribution in [0.2, 0.25) is 10.2 Å². The molecule has 1 atom stereocenters. The molecule has 2 aromatic rings. The summed E-state index contributed by atoms with van der Waals surface area (Å²) in [5.41, 5.74) is 8.11. The molecular formula is C13H14Cl2FN3. The minimum Gasteiger partial charge on any atom is -0.324 e. The standard InChI is InChI=1S/C13H14Cl2FN3/c1-7-10(13(15)19(2)18-7)6-12(17)9-4-3-8(14)5-11(9)16/h3-5,12H,6,17H2,1-2H3. The Morgan fingerprint density at radius 3 is 2.63 bits per heavy atom. The van der Waals surface area contributed by atoms with Crippen molar-refractivity contribution in [3.05, 3.63) is 51.0 Å². The summed E-state index contributed by atoms with van der Waals surface area (Å²) in [4.78, 5) is 0. The van der Waals surface area contributed by atoms with E-state index in [0.29, 0.717) is 22.2 Å². The fraction of sp³-hybridized carbons (Fsp3) is 0.308. The normalized spacial score (nSPS) is 12.7. The first-order valence-corrected chi connectivity index (χ1v) is 6.54. The van der Waals surface area contributed by atoms with Crippen molar-refractivity contribution >= 4 is 23.2 Å². The summed E-state index contributed by atoms with van der Waals surface area (Å²) in [5, 5.41) is 5.09. The van der Waals surface area contributed by atoms with Crippen LogP contribution in [-0.2, 0) is 13.5 Å². The van der Waals surface area contributed by atoms with Crippen LogP contribution in [0.5, 0.6) is 0 Å². The van der Waals surface area contributed by atoms with Crippen molar-refractivity contribution in [3.8, 4) is 0 Å². The molecule has 0 spiro atoms. The first kappa shape index (κ1) is 14.3. The Balaban J connectivity index is 2.28. The van der Waals surface area contributed by atoms with Crippen molar-refractivity contribution in [1.82, 2.24) is 9.78 Å². The van der Waals surface area contributed by atoms with Crippen LogP contribution in [0.3, 0.4) is 0 Å². The maximum Gasteiger partial charge on any atom is 0.130 e. The van der Waals surface area contributed by atoms with Gasteiger partial charge in [-0.1, -0.05) is 29.3 Å². The van der Waals surface area contributed by atoms with Gasteiger partial charge in [-0.3, -0.25) is 4.68 Å². The minimum atomic E-state index is -0.488. The monoisotopic (exact) mass is 301 g/mol. The number of hydrogen-bond donors (Lipinski definition) is 1. The number of nitrogens with two attached hydrogens (primary N) is 1. The quantitative estimate of drug-likeness (QED) is 0.944. The van der Waals surface area contributed by atoms with Gasteiger partial charge in [-0.15, -0.1) is 0 Å². The number of aromatic nitrogens is 2. The molecule has 1 unspecified atom stereocenters. The summed E-state index contributed by atoms with van der Waals surface area (Å²) in [5.74, 6) is -0.405. The van der Waals surface area contributed by atoms with Crippen LogP contribution < -0.4 is 5.73 Å². The van der Waals surface area contributed by atoms with Gasteiger partial charge in [0.2, 0.25) is 0 Å². The predicted octanol–water partition coefficient (Wildman–Crippen LogP) is 3.42. The third kappa shape index (κ3) is 2.91. The van der Waals surface area contributed by atoms with E-state index in [2.05, 4.69) is 5.10 Å². The largest absolute Gasteiger partial charge is 0.324 e. The Bertz CT molecular complexity index is 610. The van der Waals surface area contributed by atoms with Gasteiger partial charge in [-0.2, -0.15) is 5.10 Å². The summed E-state index contributed by atoms with van der Waals surface area (Å²) < 4.78 is 15.4. The lowest BCUT2D eigenvalue weighted by molar-refractivity contribution is 0.580. The van der Waals surface area contributed by atoms with E-state index in [-0.39, 0.29) is 0 Å². The number of hydrogen-bond acceptors (Lipinski definition) is 2. The number of nitrogens with zero attached hydrogens (tertiary/aromatic N) is 2. The topological polar surface area (TPSA) is 43.8 Å². The minimum absolute atomic E-state index is 0.351. The van der Waals surface area contributed by atoms with E-state index in [9.17, 15) is 4.39 Å². The van der Waals surface area contributed by atoms with Gasteiger partial charge in [0.05, 0.1) is 5.69 Å². The number of aryl methyl sites for hydroxylation is 2. The van der Waals surface area contributed by atoms with Crippen LogP contribution in [0, 0.1) is 12.7 Å². The second-order valence-electron chi connectivity index (χ2n) is 4.45. The fourth-order valence-corrected chi connectivity index (χ4v) is 2.45. The lowest BCUT2D eigenvalue weighted by atomic mass is 10.00. The van der Waals surface area contributed by atoms with E-state index in [0.717, 1.165) is 11.3 Å². The SMILES string of the molecule is Cc1nn(C)c(Cl)c1CC(N)c1ccc(Cl)cc1F. The molecule has 0 saturated heterocycles.